The predicted molar refractivity (Wildman–Crippen MR) is 125 cm³/mol. The van der Waals surface area contributed by atoms with Crippen LogP contribution in [-0.4, -0.2) is 31.4 Å². The van der Waals surface area contributed by atoms with E-state index in [9.17, 15) is 18.0 Å². The van der Waals surface area contributed by atoms with Crippen LogP contribution in [0.15, 0.2) is 72.1 Å². The lowest BCUT2D eigenvalue weighted by molar-refractivity contribution is -0.137. The quantitative estimate of drug-likeness (QED) is 0.357. The summed E-state index contributed by atoms with van der Waals surface area (Å²) in [7, 11) is 0. The molecule has 2 heterocycles. The van der Waals surface area contributed by atoms with E-state index in [1.807, 2.05) is 42.7 Å². The summed E-state index contributed by atoms with van der Waals surface area (Å²) < 4.78 is 41.5. The van der Waals surface area contributed by atoms with Crippen molar-refractivity contribution in [3.05, 3.63) is 83.7 Å². The van der Waals surface area contributed by atoms with Crippen molar-refractivity contribution in [1.29, 1.82) is 0 Å². The molecule has 2 aromatic heterocycles. The fourth-order valence-corrected chi connectivity index (χ4v) is 4.22. The number of pyridine rings is 1. The van der Waals surface area contributed by atoms with Gasteiger partial charge in [0.15, 0.2) is 11.0 Å². The van der Waals surface area contributed by atoms with Gasteiger partial charge >= 0.3 is 6.18 Å². The fourth-order valence-electron chi connectivity index (χ4n) is 3.47. The van der Waals surface area contributed by atoms with E-state index < -0.39 is 17.6 Å². The van der Waals surface area contributed by atoms with Gasteiger partial charge in [0, 0.05) is 18.0 Å². The van der Waals surface area contributed by atoms with Gasteiger partial charge in [-0.05, 0) is 49.7 Å². The van der Waals surface area contributed by atoms with Gasteiger partial charge in [-0.3, -0.25) is 14.3 Å². The summed E-state index contributed by atoms with van der Waals surface area (Å²) in [6, 6.07) is 14.4. The number of aromatic nitrogens is 4. The maximum Gasteiger partial charge on any atom is 0.418 e. The Morgan fingerprint density at radius 1 is 1.06 bits per heavy atom. The SMILES string of the molecule is Cc1ccc(-n2c(SCC(=O)Nc3ccccc3C(F)(F)F)nnc2-c2cccnc2)c(C)c1. The number of nitrogens with one attached hydrogen (secondary N) is 1. The van der Waals surface area contributed by atoms with Crippen LogP contribution in [0.4, 0.5) is 18.9 Å². The van der Waals surface area contributed by atoms with Crippen LogP contribution < -0.4 is 5.32 Å². The van der Waals surface area contributed by atoms with Crippen LogP contribution in [0.5, 0.6) is 0 Å². The summed E-state index contributed by atoms with van der Waals surface area (Å²) in [5.74, 6) is -0.187. The molecule has 4 aromatic rings. The average molecular weight is 484 g/mol. The van der Waals surface area contributed by atoms with E-state index in [4.69, 9.17) is 0 Å². The van der Waals surface area contributed by atoms with E-state index >= 15 is 0 Å². The number of benzene rings is 2. The van der Waals surface area contributed by atoms with Gasteiger partial charge in [-0.15, -0.1) is 10.2 Å². The first kappa shape index (κ1) is 23.5. The van der Waals surface area contributed by atoms with Gasteiger partial charge < -0.3 is 5.32 Å². The molecular weight excluding hydrogens is 463 g/mol. The van der Waals surface area contributed by atoms with E-state index in [0.29, 0.717) is 11.0 Å². The van der Waals surface area contributed by atoms with Crippen LogP contribution in [0.2, 0.25) is 0 Å². The van der Waals surface area contributed by atoms with Crippen molar-refractivity contribution >= 4 is 23.4 Å². The van der Waals surface area contributed by atoms with Gasteiger partial charge in [-0.25, -0.2) is 0 Å². The number of amides is 1. The molecule has 0 aliphatic heterocycles. The molecule has 1 amide bonds. The number of rotatable bonds is 6. The Bertz CT molecular complexity index is 1320. The Morgan fingerprint density at radius 3 is 2.56 bits per heavy atom. The molecule has 2 aromatic carbocycles. The second-order valence-corrected chi connectivity index (χ2v) is 8.50. The lowest BCUT2D eigenvalue weighted by Crippen LogP contribution is -2.18. The normalized spacial score (nSPS) is 11.4. The van der Waals surface area contributed by atoms with Gasteiger partial charge in [0.25, 0.3) is 0 Å². The first-order chi connectivity index (χ1) is 16.2. The second-order valence-electron chi connectivity index (χ2n) is 7.55. The largest absolute Gasteiger partial charge is 0.418 e. The highest BCUT2D eigenvalue weighted by molar-refractivity contribution is 7.99. The predicted octanol–water partition coefficient (Wildman–Crippen LogP) is 5.70. The number of halogens is 3. The molecule has 0 spiro atoms. The topological polar surface area (TPSA) is 72.7 Å². The van der Waals surface area contributed by atoms with Crippen LogP contribution in [0.1, 0.15) is 16.7 Å². The molecule has 0 radical (unpaired) electrons. The minimum atomic E-state index is -4.57. The highest BCUT2D eigenvalue weighted by Crippen LogP contribution is 2.35. The van der Waals surface area contributed by atoms with Crippen LogP contribution in [0.25, 0.3) is 17.1 Å². The summed E-state index contributed by atoms with van der Waals surface area (Å²) in [5, 5.41) is 11.4. The first-order valence-electron chi connectivity index (χ1n) is 10.3. The summed E-state index contributed by atoms with van der Waals surface area (Å²) in [5.41, 5.74) is 2.47. The Hall–Kier alpha value is -3.66. The molecule has 0 aliphatic carbocycles. The van der Waals surface area contributed by atoms with E-state index in [1.165, 1.54) is 18.2 Å². The number of carbonyl (C=O) groups is 1. The molecule has 174 valence electrons. The number of hydrogen-bond acceptors (Lipinski definition) is 5. The highest BCUT2D eigenvalue weighted by Gasteiger charge is 2.33. The molecule has 34 heavy (non-hydrogen) atoms. The molecule has 0 saturated heterocycles. The summed E-state index contributed by atoms with van der Waals surface area (Å²) in [4.78, 5) is 16.7. The molecule has 0 aliphatic rings. The zero-order valence-corrected chi connectivity index (χ0v) is 19.1. The number of anilines is 1. The number of thioether (sulfide) groups is 1. The average Bonchev–Trinajstić information content (AvgIpc) is 3.21. The standard InChI is InChI=1S/C24H20F3N5OS/c1-15-9-10-20(16(2)12-15)32-22(17-6-5-11-28-13-17)30-31-23(32)34-14-21(33)29-19-8-4-3-7-18(19)24(25,26)27/h3-13H,14H2,1-2H3,(H,29,33). The zero-order valence-electron chi connectivity index (χ0n) is 18.3. The summed E-state index contributed by atoms with van der Waals surface area (Å²) in [6.07, 6.45) is -1.25. The zero-order chi connectivity index (χ0) is 24.3. The highest BCUT2D eigenvalue weighted by atomic mass is 32.2. The smallest absolute Gasteiger partial charge is 0.325 e. The van der Waals surface area contributed by atoms with Crippen molar-refractivity contribution in [2.45, 2.75) is 25.2 Å². The number of hydrogen-bond donors (Lipinski definition) is 1. The summed E-state index contributed by atoms with van der Waals surface area (Å²) >= 11 is 1.09. The lowest BCUT2D eigenvalue weighted by Gasteiger charge is -2.14. The number of nitrogens with zero attached hydrogens (tertiary/aromatic N) is 4. The van der Waals surface area contributed by atoms with Gasteiger partial charge in [0.2, 0.25) is 5.91 Å². The minimum Gasteiger partial charge on any atom is -0.325 e. The van der Waals surface area contributed by atoms with Gasteiger partial charge in [-0.2, -0.15) is 13.2 Å². The monoisotopic (exact) mass is 483 g/mol. The Balaban J connectivity index is 1.62. The number of carbonyl (C=O) groups excluding carboxylic acids is 1. The molecule has 0 atom stereocenters. The van der Waals surface area contributed by atoms with Crippen molar-refractivity contribution < 1.29 is 18.0 Å². The van der Waals surface area contributed by atoms with Crippen molar-refractivity contribution in [3.63, 3.8) is 0 Å². The minimum absolute atomic E-state index is 0.151. The molecule has 0 saturated carbocycles. The molecule has 0 unspecified atom stereocenters. The number of alkyl halides is 3. The van der Waals surface area contributed by atoms with E-state index in [0.717, 1.165) is 40.2 Å². The molecular formula is C24H20F3N5OS. The van der Waals surface area contributed by atoms with Gasteiger partial charge in [0.05, 0.1) is 22.7 Å². The molecule has 6 nitrogen and oxygen atoms in total. The van der Waals surface area contributed by atoms with Crippen LogP contribution in [0, 0.1) is 13.8 Å². The molecule has 0 fully saturated rings. The third-order valence-corrected chi connectivity index (χ3v) is 5.91. The van der Waals surface area contributed by atoms with Crippen LogP contribution >= 0.6 is 11.8 Å². The van der Waals surface area contributed by atoms with Crippen LogP contribution in [0.3, 0.4) is 0 Å². The fraction of sp³-hybridized carbons (Fsp3) is 0.167. The van der Waals surface area contributed by atoms with Crippen LogP contribution in [-0.2, 0) is 11.0 Å². The Kier molecular flexibility index (Phi) is 6.69. The molecule has 10 heteroatoms. The molecule has 0 bridgehead atoms. The van der Waals surface area contributed by atoms with Crippen molar-refractivity contribution in [3.8, 4) is 17.1 Å². The third kappa shape index (κ3) is 5.12. The Morgan fingerprint density at radius 2 is 1.85 bits per heavy atom. The maximum absolute atomic E-state index is 13.2. The van der Waals surface area contributed by atoms with Crippen molar-refractivity contribution in [2.24, 2.45) is 0 Å². The third-order valence-electron chi connectivity index (χ3n) is 4.99. The van der Waals surface area contributed by atoms with E-state index in [1.54, 1.807) is 18.5 Å². The van der Waals surface area contributed by atoms with E-state index in [2.05, 4.69) is 20.5 Å². The Labute approximate surface area is 198 Å². The lowest BCUT2D eigenvalue weighted by atomic mass is 10.1. The maximum atomic E-state index is 13.2. The molecule has 4 rings (SSSR count). The van der Waals surface area contributed by atoms with Gasteiger partial charge in [-0.1, -0.05) is 41.6 Å². The second kappa shape index (κ2) is 9.68. The van der Waals surface area contributed by atoms with E-state index in [-0.39, 0.29) is 11.4 Å². The van der Waals surface area contributed by atoms with Gasteiger partial charge in [0.1, 0.15) is 0 Å². The van der Waals surface area contributed by atoms with Crippen molar-refractivity contribution in [2.75, 3.05) is 11.1 Å². The number of para-hydroxylation sites is 1. The summed E-state index contributed by atoms with van der Waals surface area (Å²) in [6.45, 7) is 3.95. The van der Waals surface area contributed by atoms with Crippen molar-refractivity contribution in [1.82, 2.24) is 19.7 Å². The first-order valence-corrected chi connectivity index (χ1v) is 11.2. The number of aryl methyl sites for hydroxylation is 2. The molecule has 1 N–H and O–H groups in total.